The van der Waals surface area contributed by atoms with Crippen molar-refractivity contribution in [2.45, 2.75) is 13.0 Å². The van der Waals surface area contributed by atoms with E-state index in [1.807, 2.05) is 0 Å². The van der Waals surface area contributed by atoms with Crippen LogP contribution in [0.2, 0.25) is 0 Å². The van der Waals surface area contributed by atoms with E-state index in [9.17, 15) is 14.3 Å². The first-order chi connectivity index (χ1) is 8.54. The largest absolute Gasteiger partial charge is 0.466 e. The van der Waals surface area contributed by atoms with Gasteiger partial charge in [0.25, 0.3) is 0 Å². The number of halogens is 1. The molecule has 0 aliphatic carbocycles. The molecule has 0 saturated carbocycles. The van der Waals surface area contributed by atoms with Crippen LogP contribution < -0.4 is 0 Å². The highest BCUT2D eigenvalue weighted by Crippen LogP contribution is 2.24. The van der Waals surface area contributed by atoms with E-state index in [1.54, 1.807) is 6.92 Å². The molecule has 0 amide bonds. The van der Waals surface area contributed by atoms with Gasteiger partial charge in [0, 0.05) is 0 Å². The standard InChI is InChI=1S/C13H12FNO3/c1-7-10(13(17)18-2)12(16)11(15-7)8-3-5-9(14)6-4-8/h3-6,12,16H,1-2H3/t12-/m1/s1. The summed E-state index contributed by atoms with van der Waals surface area (Å²) in [7, 11) is 1.24. The van der Waals surface area contributed by atoms with E-state index in [0.29, 0.717) is 17.0 Å². The number of hydrogen-bond acceptors (Lipinski definition) is 4. The first-order valence-corrected chi connectivity index (χ1v) is 5.36. The van der Waals surface area contributed by atoms with Crippen molar-refractivity contribution in [1.29, 1.82) is 0 Å². The minimum absolute atomic E-state index is 0.122. The number of methoxy groups -OCH3 is 1. The Morgan fingerprint density at radius 3 is 2.56 bits per heavy atom. The molecule has 0 radical (unpaired) electrons. The number of esters is 1. The van der Waals surface area contributed by atoms with Crippen LogP contribution in [0.25, 0.3) is 0 Å². The van der Waals surface area contributed by atoms with Crippen LogP contribution in [-0.4, -0.2) is 30.0 Å². The van der Waals surface area contributed by atoms with Crippen LogP contribution >= 0.6 is 0 Å². The average Bonchev–Trinajstić information content (AvgIpc) is 2.65. The molecular formula is C13H12FNO3. The van der Waals surface area contributed by atoms with Crippen molar-refractivity contribution < 1.29 is 19.0 Å². The quantitative estimate of drug-likeness (QED) is 0.807. The molecular weight excluding hydrogens is 237 g/mol. The van der Waals surface area contributed by atoms with Crippen molar-refractivity contribution in [3.63, 3.8) is 0 Å². The summed E-state index contributed by atoms with van der Waals surface area (Å²) >= 11 is 0. The molecule has 0 bridgehead atoms. The topological polar surface area (TPSA) is 58.9 Å². The summed E-state index contributed by atoms with van der Waals surface area (Å²) in [4.78, 5) is 15.6. The maximum absolute atomic E-state index is 12.8. The summed E-state index contributed by atoms with van der Waals surface area (Å²) in [5.41, 5.74) is 1.43. The van der Waals surface area contributed by atoms with Crippen LogP contribution in [-0.2, 0) is 9.53 Å². The fourth-order valence-corrected chi connectivity index (χ4v) is 1.85. The summed E-state index contributed by atoms with van der Waals surface area (Å²) in [6.07, 6.45) is -1.14. The highest BCUT2D eigenvalue weighted by molar-refractivity contribution is 6.13. The number of carbonyl (C=O) groups excluding carboxylic acids is 1. The molecule has 1 atom stereocenters. The van der Waals surface area contributed by atoms with Gasteiger partial charge in [0.15, 0.2) is 0 Å². The highest BCUT2D eigenvalue weighted by atomic mass is 19.1. The van der Waals surface area contributed by atoms with Crippen molar-refractivity contribution in [3.8, 4) is 0 Å². The lowest BCUT2D eigenvalue weighted by Crippen LogP contribution is -2.25. The van der Waals surface area contributed by atoms with Crippen LogP contribution in [0.15, 0.2) is 40.5 Å². The number of allylic oxidation sites excluding steroid dienone is 1. The molecule has 1 aromatic rings. The number of hydrogen-bond donors (Lipinski definition) is 1. The number of nitrogens with zero attached hydrogens (tertiary/aromatic N) is 1. The third-order valence-corrected chi connectivity index (χ3v) is 2.76. The molecule has 4 nitrogen and oxygen atoms in total. The van der Waals surface area contributed by atoms with Crippen molar-refractivity contribution in [3.05, 3.63) is 46.9 Å². The molecule has 1 aliphatic heterocycles. The molecule has 0 unspecified atom stereocenters. The molecule has 94 valence electrons. The molecule has 5 heteroatoms. The number of carbonyl (C=O) groups is 1. The first kappa shape index (κ1) is 12.4. The lowest BCUT2D eigenvalue weighted by molar-refractivity contribution is -0.136. The minimum Gasteiger partial charge on any atom is -0.466 e. The number of aliphatic hydroxyl groups is 1. The SMILES string of the molecule is COC(=O)C1=C(C)N=C(c2ccc(F)cc2)[C@@H]1O. The van der Waals surface area contributed by atoms with E-state index in [1.165, 1.54) is 31.4 Å². The molecule has 1 N–H and O–H groups in total. The Morgan fingerprint density at radius 1 is 1.39 bits per heavy atom. The van der Waals surface area contributed by atoms with Gasteiger partial charge in [-0.25, -0.2) is 9.18 Å². The molecule has 18 heavy (non-hydrogen) atoms. The van der Waals surface area contributed by atoms with Crippen molar-refractivity contribution >= 4 is 11.7 Å². The van der Waals surface area contributed by atoms with E-state index in [4.69, 9.17) is 0 Å². The molecule has 1 aliphatic rings. The van der Waals surface area contributed by atoms with Gasteiger partial charge in [0.05, 0.1) is 24.1 Å². The Hall–Kier alpha value is -2.01. The molecule has 1 aromatic carbocycles. The monoisotopic (exact) mass is 249 g/mol. The summed E-state index contributed by atoms with van der Waals surface area (Å²) in [6, 6.07) is 5.56. The smallest absolute Gasteiger partial charge is 0.338 e. The van der Waals surface area contributed by atoms with Crippen LogP contribution in [0.3, 0.4) is 0 Å². The van der Waals surface area contributed by atoms with Gasteiger partial charge < -0.3 is 9.84 Å². The summed E-state index contributed by atoms with van der Waals surface area (Å²) < 4.78 is 17.4. The van der Waals surface area contributed by atoms with Gasteiger partial charge in [-0.3, -0.25) is 4.99 Å². The van der Waals surface area contributed by atoms with E-state index in [-0.39, 0.29) is 11.4 Å². The van der Waals surface area contributed by atoms with Gasteiger partial charge in [-0.05, 0) is 24.6 Å². The first-order valence-electron chi connectivity index (χ1n) is 5.36. The number of aliphatic hydroxyl groups excluding tert-OH is 1. The van der Waals surface area contributed by atoms with Gasteiger partial charge >= 0.3 is 5.97 Å². The number of ether oxygens (including phenoxy) is 1. The van der Waals surface area contributed by atoms with Crippen molar-refractivity contribution in [1.82, 2.24) is 0 Å². The lowest BCUT2D eigenvalue weighted by Gasteiger charge is -2.10. The fraction of sp³-hybridized carbons (Fsp3) is 0.231. The van der Waals surface area contributed by atoms with Crippen molar-refractivity contribution in [2.24, 2.45) is 4.99 Å². The fourth-order valence-electron chi connectivity index (χ4n) is 1.85. The molecule has 1 heterocycles. The predicted octanol–water partition coefficient (Wildman–Crippen LogP) is 1.44. The van der Waals surface area contributed by atoms with Crippen LogP contribution in [0.5, 0.6) is 0 Å². The number of benzene rings is 1. The highest BCUT2D eigenvalue weighted by Gasteiger charge is 2.32. The zero-order chi connectivity index (χ0) is 13.3. The normalized spacial score (nSPS) is 18.9. The summed E-state index contributed by atoms with van der Waals surface area (Å²) in [6.45, 7) is 1.62. The number of rotatable bonds is 2. The summed E-state index contributed by atoms with van der Waals surface area (Å²) in [5.74, 6) is -0.981. The minimum atomic E-state index is -1.14. The summed E-state index contributed by atoms with van der Waals surface area (Å²) in [5, 5.41) is 10.1. The molecule has 0 fully saturated rings. The zero-order valence-electron chi connectivity index (χ0n) is 9.98. The van der Waals surface area contributed by atoms with E-state index in [0.717, 1.165) is 0 Å². The van der Waals surface area contributed by atoms with E-state index in [2.05, 4.69) is 9.73 Å². The zero-order valence-corrected chi connectivity index (χ0v) is 9.98. The number of aliphatic imine (C=N–C) groups is 1. The molecule has 0 spiro atoms. The van der Waals surface area contributed by atoms with E-state index < -0.39 is 12.1 Å². The second kappa shape index (κ2) is 4.70. The van der Waals surface area contributed by atoms with Crippen LogP contribution in [0, 0.1) is 5.82 Å². The third kappa shape index (κ3) is 2.04. The third-order valence-electron chi connectivity index (χ3n) is 2.76. The molecule has 0 aromatic heterocycles. The molecule has 2 rings (SSSR count). The second-order valence-corrected chi connectivity index (χ2v) is 3.90. The Morgan fingerprint density at radius 2 is 2.00 bits per heavy atom. The Kier molecular flexibility index (Phi) is 3.25. The van der Waals surface area contributed by atoms with Crippen LogP contribution in [0.4, 0.5) is 4.39 Å². The van der Waals surface area contributed by atoms with E-state index >= 15 is 0 Å². The Balaban J connectivity index is 2.33. The second-order valence-electron chi connectivity index (χ2n) is 3.90. The Labute approximate surface area is 103 Å². The maximum Gasteiger partial charge on any atom is 0.338 e. The Bertz CT molecular complexity index is 546. The van der Waals surface area contributed by atoms with Crippen molar-refractivity contribution in [2.75, 3.05) is 7.11 Å². The van der Waals surface area contributed by atoms with Crippen LogP contribution in [0.1, 0.15) is 12.5 Å². The average molecular weight is 249 g/mol. The maximum atomic E-state index is 12.8. The van der Waals surface area contributed by atoms with Gasteiger partial charge in [0.2, 0.25) is 0 Å². The lowest BCUT2D eigenvalue weighted by atomic mass is 10.0. The van der Waals surface area contributed by atoms with Gasteiger partial charge in [0.1, 0.15) is 11.9 Å². The van der Waals surface area contributed by atoms with Gasteiger partial charge in [-0.15, -0.1) is 0 Å². The van der Waals surface area contributed by atoms with Gasteiger partial charge in [-0.1, -0.05) is 12.1 Å². The van der Waals surface area contributed by atoms with Gasteiger partial charge in [-0.2, -0.15) is 0 Å². The molecule has 0 saturated heterocycles. The predicted molar refractivity (Wildman–Crippen MR) is 63.7 cm³/mol.